The van der Waals surface area contributed by atoms with Crippen LogP contribution in [0.15, 0.2) is 23.1 Å². The molecule has 1 aliphatic heterocycles. The molecule has 1 aliphatic rings. The Bertz CT molecular complexity index is 648. The van der Waals surface area contributed by atoms with Crippen molar-refractivity contribution >= 4 is 21.7 Å². The van der Waals surface area contributed by atoms with E-state index in [1.165, 1.54) is 6.07 Å². The van der Waals surface area contributed by atoms with Crippen LogP contribution in [-0.4, -0.2) is 32.4 Å². The molecule has 0 saturated carbocycles. The van der Waals surface area contributed by atoms with E-state index < -0.39 is 15.8 Å². The number of nitrogens with two attached hydrogens (primary N) is 1. The van der Waals surface area contributed by atoms with Crippen LogP contribution in [0.3, 0.4) is 0 Å². The number of carbonyl (C=O) groups is 1. The van der Waals surface area contributed by atoms with Gasteiger partial charge in [0.25, 0.3) is 0 Å². The van der Waals surface area contributed by atoms with E-state index in [9.17, 15) is 17.6 Å². The van der Waals surface area contributed by atoms with E-state index in [4.69, 9.17) is 5.14 Å². The number of halogens is 1. The number of primary sulfonamides is 1. The fourth-order valence-electron chi connectivity index (χ4n) is 2.34. The zero-order chi connectivity index (χ0) is 15.6. The summed E-state index contributed by atoms with van der Waals surface area (Å²) in [6.45, 7) is 3.32. The molecule has 21 heavy (non-hydrogen) atoms. The Kier molecular flexibility index (Phi) is 4.48. The van der Waals surface area contributed by atoms with Gasteiger partial charge in [-0.25, -0.2) is 22.7 Å². The minimum atomic E-state index is -3.96. The van der Waals surface area contributed by atoms with Crippen molar-refractivity contribution in [2.75, 3.05) is 18.4 Å². The van der Waals surface area contributed by atoms with E-state index in [1.807, 2.05) is 0 Å². The lowest BCUT2D eigenvalue weighted by Gasteiger charge is -2.30. The minimum absolute atomic E-state index is 0.0642. The summed E-state index contributed by atoms with van der Waals surface area (Å²) in [6, 6.07) is 2.76. The van der Waals surface area contributed by atoms with Crippen molar-refractivity contribution in [3.05, 3.63) is 24.0 Å². The maximum atomic E-state index is 13.8. The van der Waals surface area contributed by atoms with E-state index in [0.29, 0.717) is 19.0 Å². The van der Waals surface area contributed by atoms with Gasteiger partial charge in [0.15, 0.2) is 0 Å². The largest absolute Gasteiger partial charge is 0.324 e. The van der Waals surface area contributed by atoms with E-state index >= 15 is 0 Å². The number of sulfonamides is 1. The van der Waals surface area contributed by atoms with Crippen LogP contribution in [0.5, 0.6) is 0 Å². The monoisotopic (exact) mass is 315 g/mol. The first-order chi connectivity index (χ1) is 9.77. The van der Waals surface area contributed by atoms with Crippen molar-refractivity contribution in [1.82, 2.24) is 4.90 Å². The molecule has 0 radical (unpaired) electrons. The average Bonchev–Trinajstić information content (AvgIpc) is 2.39. The number of likely N-dealkylation sites (tertiary alicyclic amines) is 1. The smallest absolute Gasteiger partial charge is 0.321 e. The summed E-state index contributed by atoms with van der Waals surface area (Å²) < 4.78 is 36.1. The standard InChI is InChI=1S/C13H18FN3O3S/c1-9-3-2-6-17(8-9)13(18)16-12-5-4-10(7-11(12)14)21(15,19)20/h4-5,7,9H,2-3,6,8H2,1H3,(H,16,18)(H2,15,19,20). The Balaban J connectivity index is 2.11. The highest BCUT2D eigenvalue weighted by atomic mass is 32.2. The van der Waals surface area contributed by atoms with Crippen molar-refractivity contribution in [3.8, 4) is 0 Å². The molecule has 1 heterocycles. The molecule has 0 aliphatic carbocycles. The predicted molar refractivity (Wildman–Crippen MR) is 76.8 cm³/mol. The zero-order valence-corrected chi connectivity index (χ0v) is 12.5. The zero-order valence-electron chi connectivity index (χ0n) is 11.7. The van der Waals surface area contributed by atoms with Crippen LogP contribution in [0.2, 0.25) is 0 Å². The predicted octanol–water partition coefficient (Wildman–Crippen LogP) is 1.74. The second-order valence-electron chi connectivity index (χ2n) is 5.31. The van der Waals surface area contributed by atoms with Crippen LogP contribution in [-0.2, 0) is 10.0 Å². The van der Waals surface area contributed by atoms with Gasteiger partial charge in [-0.3, -0.25) is 0 Å². The average molecular weight is 315 g/mol. The van der Waals surface area contributed by atoms with Crippen LogP contribution >= 0.6 is 0 Å². The molecule has 8 heteroatoms. The Morgan fingerprint density at radius 3 is 2.76 bits per heavy atom. The second-order valence-corrected chi connectivity index (χ2v) is 6.87. The van der Waals surface area contributed by atoms with Crippen LogP contribution < -0.4 is 10.5 Å². The van der Waals surface area contributed by atoms with Crippen molar-refractivity contribution in [1.29, 1.82) is 0 Å². The van der Waals surface area contributed by atoms with E-state index in [0.717, 1.165) is 25.0 Å². The molecular formula is C13H18FN3O3S. The highest BCUT2D eigenvalue weighted by Crippen LogP contribution is 2.20. The van der Waals surface area contributed by atoms with E-state index in [-0.39, 0.29) is 16.6 Å². The third-order valence-corrected chi connectivity index (χ3v) is 4.37. The topological polar surface area (TPSA) is 92.5 Å². The number of carbonyl (C=O) groups excluding carboxylic acids is 1. The van der Waals surface area contributed by atoms with Gasteiger partial charge in [-0.2, -0.15) is 0 Å². The number of hydrogen-bond acceptors (Lipinski definition) is 3. The molecule has 1 fully saturated rings. The first-order valence-corrected chi connectivity index (χ1v) is 8.20. The molecule has 0 aromatic heterocycles. The van der Waals surface area contributed by atoms with Gasteiger partial charge in [0.05, 0.1) is 10.6 Å². The number of urea groups is 1. The van der Waals surface area contributed by atoms with Crippen molar-refractivity contribution in [2.24, 2.45) is 11.1 Å². The Hall–Kier alpha value is -1.67. The molecule has 0 spiro atoms. The third kappa shape index (κ3) is 3.92. The quantitative estimate of drug-likeness (QED) is 0.870. The summed E-state index contributed by atoms with van der Waals surface area (Å²) in [5.74, 6) is -0.418. The van der Waals surface area contributed by atoms with Gasteiger partial charge in [-0.15, -0.1) is 0 Å². The summed E-state index contributed by atoms with van der Waals surface area (Å²) in [5.41, 5.74) is -0.0642. The van der Waals surface area contributed by atoms with Gasteiger partial charge in [-0.05, 0) is 37.0 Å². The fourth-order valence-corrected chi connectivity index (χ4v) is 2.87. The highest BCUT2D eigenvalue weighted by Gasteiger charge is 2.22. The van der Waals surface area contributed by atoms with E-state index in [1.54, 1.807) is 4.90 Å². The number of piperidine rings is 1. The molecule has 0 bridgehead atoms. The number of nitrogens with one attached hydrogen (secondary N) is 1. The summed E-state index contributed by atoms with van der Waals surface area (Å²) in [7, 11) is -3.96. The number of amides is 2. The Morgan fingerprint density at radius 2 is 2.19 bits per heavy atom. The third-order valence-electron chi connectivity index (χ3n) is 3.45. The van der Waals surface area contributed by atoms with Crippen molar-refractivity contribution in [2.45, 2.75) is 24.7 Å². The van der Waals surface area contributed by atoms with Gasteiger partial charge in [0.2, 0.25) is 10.0 Å². The molecule has 116 valence electrons. The highest BCUT2D eigenvalue weighted by molar-refractivity contribution is 7.89. The second kappa shape index (κ2) is 5.98. The molecule has 1 unspecified atom stereocenters. The molecule has 3 N–H and O–H groups in total. The molecule has 1 aromatic rings. The van der Waals surface area contributed by atoms with Gasteiger partial charge in [0, 0.05) is 13.1 Å². The summed E-state index contributed by atoms with van der Waals surface area (Å²) in [5, 5.41) is 7.37. The lowest BCUT2D eigenvalue weighted by molar-refractivity contribution is 0.182. The lowest BCUT2D eigenvalue weighted by Crippen LogP contribution is -2.41. The summed E-state index contributed by atoms with van der Waals surface area (Å²) >= 11 is 0. The first-order valence-electron chi connectivity index (χ1n) is 6.65. The van der Waals surface area contributed by atoms with Crippen molar-refractivity contribution < 1.29 is 17.6 Å². The van der Waals surface area contributed by atoms with Gasteiger partial charge in [0.1, 0.15) is 5.82 Å². The first kappa shape index (κ1) is 15.7. The maximum Gasteiger partial charge on any atom is 0.321 e. The van der Waals surface area contributed by atoms with Crippen LogP contribution in [0.25, 0.3) is 0 Å². The van der Waals surface area contributed by atoms with E-state index in [2.05, 4.69) is 12.2 Å². The number of nitrogens with zero attached hydrogens (tertiary/aromatic N) is 1. The summed E-state index contributed by atoms with van der Waals surface area (Å²) in [6.07, 6.45) is 1.99. The SMILES string of the molecule is CC1CCCN(C(=O)Nc2ccc(S(N)(=O)=O)cc2F)C1. The fraction of sp³-hybridized carbons (Fsp3) is 0.462. The van der Waals surface area contributed by atoms with Crippen LogP contribution in [0.1, 0.15) is 19.8 Å². The van der Waals surface area contributed by atoms with Gasteiger partial charge >= 0.3 is 6.03 Å². The molecule has 2 rings (SSSR count). The van der Waals surface area contributed by atoms with Crippen molar-refractivity contribution in [3.63, 3.8) is 0 Å². The molecule has 1 atom stereocenters. The number of benzene rings is 1. The minimum Gasteiger partial charge on any atom is -0.324 e. The molecule has 2 amide bonds. The summed E-state index contributed by atoms with van der Waals surface area (Å²) in [4.78, 5) is 13.3. The van der Waals surface area contributed by atoms with Gasteiger partial charge < -0.3 is 10.2 Å². The molecule has 6 nitrogen and oxygen atoms in total. The number of hydrogen-bond donors (Lipinski definition) is 2. The Morgan fingerprint density at radius 1 is 1.48 bits per heavy atom. The van der Waals surface area contributed by atoms with Crippen LogP contribution in [0, 0.1) is 11.7 Å². The van der Waals surface area contributed by atoms with Crippen LogP contribution in [0.4, 0.5) is 14.9 Å². The Labute approximate surface area is 123 Å². The molecule has 1 saturated heterocycles. The lowest BCUT2D eigenvalue weighted by atomic mass is 10.0. The maximum absolute atomic E-state index is 13.8. The normalized spacial score (nSPS) is 19.4. The number of anilines is 1. The number of rotatable bonds is 2. The molecular weight excluding hydrogens is 297 g/mol. The molecule has 1 aromatic carbocycles. The van der Waals surface area contributed by atoms with Gasteiger partial charge in [-0.1, -0.05) is 6.92 Å².